The van der Waals surface area contributed by atoms with Gasteiger partial charge in [0.2, 0.25) is 0 Å². The van der Waals surface area contributed by atoms with Gasteiger partial charge in [-0.05, 0) is 41.0 Å². The minimum atomic E-state index is -0.138. The Kier molecular flexibility index (Phi) is 9.33. The molecule has 1 aliphatic rings. The Morgan fingerprint density at radius 1 is 0.972 bits per heavy atom. The van der Waals surface area contributed by atoms with Crippen molar-refractivity contribution in [1.29, 1.82) is 0 Å². The van der Waals surface area contributed by atoms with Gasteiger partial charge >= 0.3 is 0 Å². The Bertz CT molecular complexity index is 1160. The number of carbonyl (C=O) groups is 1. The monoisotopic (exact) mass is 506 g/mol. The molecule has 3 aromatic rings. The van der Waals surface area contributed by atoms with Crippen LogP contribution in [-0.2, 0) is 17.9 Å². The largest absolute Gasteiger partial charge is 0.493 e. The van der Waals surface area contributed by atoms with E-state index in [1.807, 2.05) is 66.7 Å². The highest BCUT2D eigenvalue weighted by Crippen LogP contribution is 2.28. The lowest BCUT2D eigenvalue weighted by Gasteiger charge is -2.34. The summed E-state index contributed by atoms with van der Waals surface area (Å²) in [4.78, 5) is 16.9. The molecule has 8 heteroatoms. The van der Waals surface area contributed by atoms with Gasteiger partial charge in [0, 0.05) is 37.7 Å². The number of hydrogen-bond acceptors (Lipinski definition) is 6. The van der Waals surface area contributed by atoms with E-state index in [1.165, 1.54) is 0 Å². The molecule has 0 unspecified atom stereocenters. The standard InChI is InChI=1S/C28H31ClN4O3/c1-35-27-17-23(11-12-26(27)36-21-22-7-3-2-4-8-22)18-30-31-28(34)20-33-15-13-32(14-16-33)19-24-9-5-6-10-25(24)29/h2-12,17-18H,13-16,19-21H2,1H3,(H,31,34). The lowest BCUT2D eigenvalue weighted by molar-refractivity contribution is -0.122. The molecule has 1 amide bonds. The Morgan fingerprint density at radius 3 is 2.44 bits per heavy atom. The van der Waals surface area contributed by atoms with Crippen LogP contribution in [-0.4, -0.2) is 61.8 Å². The maximum absolute atomic E-state index is 12.4. The van der Waals surface area contributed by atoms with Crippen molar-refractivity contribution in [2.45, 2.75) is 13.2 Å². The topological polar surface area (TPSA) is 66.4 Å². The average molecular weight is 507 g/mol. The van der Waals surface area contributed by atoms with Gasteiger partial charge in [-0.15, -0.1) is 0 Å². The normalized spacial score (nSPS) is 14.6. The first kappa shape index (κ1) is 25.7. The van der Waals surface area contributed by atoms with Crippen molar-refractivity contribution >= 4 is 23.7 Å². The van der Waals surface area contributed by atoms with E-state index in [-0.39, 0.29) is 5.91 Å². The van der Waals surface area contributed by atoms with Crippen molar-refractivity contribution in [3.8, 4) is 11.5 Å². The molecule has 0 atom stereocenters. The summed E-state index contributed by atoms with van der Waals surface area (Å²) in [5.41, 5.74) is 5.63. The van der Waals surface area contributed by atoms with Crippen LogP contribution in [0.2, 0.25) is 5.02 Å². The number of methoxy groups -OCH3 is 1. The van der Waals surface area contributed by atoms with Crippen molar-refractivity contribution in [2.75, 3.05) is 39.8 Å². The number of nitrogens with zero attached hydrogens (tertiary/aromatic N) is 3. The second-order valence-electron chi connectivity index (χ2n) is 8.62. The molecular formula is C28H31ClN4O3. The van der Waals surface area contributed by atoms with E-state index >= 15 is 0 Å². The number of carbonyl (C=O) groups excluding carboxylic acids is 1. The van der Waals surface area contributed by atoms with Crippen LogP contribution in [0.4, 0.5) is 0 Å². The number of hydrazone groups is 1. The summed E-state index contributed by atoms with van der Waals surface area (Å²) in [6.07, 6.45) is 1.60. The zero-order valence-electron chi connectivity index (χ0n) is 20.4. The molecule has 3 aromatic carbocycles. The van der Waals surface area contributed by atoms with Gasteiger partial charge in [-0.2, -0.15) is 5.10 Å². The third-order valence-electron chi connectivity index (χ3n) is 6.01. The second kappa shape index (κ2) is 13.1. The smallest absolute Gasteiger partial charge is 0.254 e. The maximum Gasteiger partial charge on any atom is 0.254 e. The Morgan fingerprint density at radius 2 is 1.69 bits per heavy atom. The maximum atomic E-state index is 12.4. The van der Waals surface area contributed by atoms with E-state index < -0.39 is 0 Å². The molecule has 1 aliphatic heterocycles. The van der Waals surface area contributed by atoms with Crippen molar-refractivity contribution in [2.24, 2.45) is 5.10 Å². The first-order valence-electron chi connectivity index (χ1n) is 12.0. The molecule has 7 nitrogen and oxygen atoms in total. The molecule has 1 N–H and O–H groups in total. The molecular weight excluding hydrogens is 476 g/mol. The van der Waals surface area contributed by atoms with Crippen LogP contribution in [0, 0.1) is 0 Å². The van der Waals surface area contributed by atoms with Gasteiger partial charge in [0.15, 0.2) is 11.5 Å². The van der Waals surface area contributed by atoms with Crippen LogP contribution >= 0.6 is 11.6 Å². The molecule has 0 spiro atoms. The summed E-state index contributed by atoms with van der Waals surface area (Å²) >= 11 is 6.28. The van der Waals surface area contributed by atoms with Gasteiger partial charge in [0.1, 0.15) is 6.61 Å². The fourth-order valence-electron chi connectivity index (χ4n) is 4.01. The summed E-state index contributed by atoms with van der Waals surface area (Å²) in [5, 5.41) is 4.91. The van der Waals surface area contributed by atoms with Crippen molar-refractivity contribution in [3.63, 3.8) is 0 Å². The first-order valence-corrected chi connectivity index (χ1v) is 12.3. The third-order valence-corrected chi connectivity index (χ3v) is 6.38. The van der Waals surface area contributed by atoms with Crippen LogP contribution in [0.5, 0.6) is 11.5 Å². The van der Waals surface area contributed by atoms with E-state index in [4.69, 9.17) is 21.1 Å². The van der Waals surface area contributed by atoms with Crippen LogP contribution in [0.25, 0.3) is 0 Å². The Hall–Kier alpha value is -3.39. The minimum absolute atomic E-state index is 0.138. The van der Waals surface area contributed by atoms with Crippen molar-refractivity contribution in [3.05, 3.63) is 94.5 Å². The lowest BCUT2D eigenvalue weighted by atomic mass is 10.2. The van der Waals surface area contributed by atoms with E-state index in [0.29, 0.717) is 24.7 Å². The number of hydrogen-bond donors (Lipinski definition) is 1. The van der Waals surface area contributed by atoms with E-state index in [1.54, 1.807) is 13.3 Å². The molecule has 0 aliphatic carbocycles. The fraction of sp³-hybridized carbons (Fsp3) is 0.286. The van der Waals surface area contributed by atoms with Gasteiger partial charge in [-0.3, -0.25) is 14.6 Å². The molecule has 0 bridgehead atoms. The predicted octanol–water partition coefficient (Wildman–Crippen LogP) is 4.20. The van der Waals surface area contributed by atoms with Crippen LogP contribution in [0.3, 0.4) is 0 Å². The third kappa shape index (κ3) is 7.55. The summed E-state index contributed by atoms with van der Waals surface area (Å²) in [5.74, 6) is 1.12. The van der Waals surface area contributed by atoms with Gasteiger partial charge < -0.3 is 9.47 Å². The van der Waals surface area contributed by atoms with E-state index in [2.05, 4.69) is 26.4 Å². The van der Waals surface area contributed by atoms with E-state index in [0.717, 1.165) is 54.4 Å². The van der Waals surface area contributed by atoms with Crippen LogP contribution < -0.4 is 14.9 Å². The van der Waals surface area contributed by atoms with Gasteiger partial charge in [0.25, 0.3) is 5.91 Å². The molecule has 4 rings (SSSR count). The van der Waals surface area contributed by atoms with Gasteiger partial charge in [-0.25, -0.2) is 5.43 Å². The molecule has 0 saturated carbocycles. The fourth-order valence-corrected chi connectivity index (χ4v) is 4.20. The zero-order chi connectivity index (χ0) is 25.2. The average Bonchev–Trinajstić information content (AvgIpc) is 2.91. The number of benzene rings is 3. The molecule has 0 radical (unpaired) electrons. The summed E-state index contributed by atoms with van der Waals surface area (Å²) in [7, 11) is 1.60. The molecule has 1 fully saturated rings. The SMILES string of the molecule is COc1cc(C=NNC(=O)CN2CCN(Cc3ccccc3Cl)CC2)ccc1OCc1ccccc1. The number of ether oxygens (including phenoxy) is 2. The van der Waals surface area contributed by atoms with Gasteiger partial charge in [-0.1, -0.05) is 60.1 Å². The summed E-state index contributed by atoms with van der Waals surface area (Å²) < 4.78 is 11.4. The molecule has 36 heavy (non-hydrogen) atoms. The molecule has 1 saturated heterocycles. The summed E-state index contributed by atoms with van der Waals surface area (Å²) in [6, 6.07) is 23.4. The number of halogens is 1. The molecule has 188 valence electrons. The van der Waals surface area contributed by atoms with Crippen molar-refractivity contribution in [1.82, 2.24) is 15.2 Å². The van der Waals surface area contributed by atoms with Gasteiger partial charge in [0.05, 0.1) is 19.9 Å². The number of rotatable bonds is 10. The Labute approximate surface area is 217 Å². The number of amides is 1. The first-order chi connectivity index (χ1) is 17.6. The van der Waals surface area contributed by atoms with E-state index in [9.17, 15) is 4.79 Å². The predicted molar refractivity (Wildman–Crippen MR) is 143 cm³/mol. The van der Waals surface area contributed by atoms with Crippen LogP contribution in [0.15, 0.2) is 77.9 Å². The minimum Gasteiger partial charge on any atom is -0.493 e. The quantitative estimate of drug-likeness (QED) is 0.330. The highest BCUT2D eigenvalue weighted by Gasteiger charge is 2.19. The molecule has 1 heterocycles. The number of piperazine rings is 1. The zero-order valence-corrected chi connectivity index (χ0v) is 21.2. The van der Waals surface area contributed by atoms with Crippen LogP contribution in [0.1, 0.15) is 16.7 Å². The second-order valence-corrected chi connectivity index (χ2v) is 9.03. The number of nitrogens with one attached hydrogen (secondary N) is 1. The Balaban J connectivity index is 1.21. The molecule has 0 aromatic heterocycles. The lowest BCUT2D eigenvalue weighted by Crippen LogP contribution is -2.48. The summed E-state index contributed by atoms with van der Waals surface area (Å²) in [6.45, 7) is 5.01. The highest BCUT2D eigenvalue weighted by molar-refractivity contribution is 6.31. The highest BCUT2D eigenvalue weighted by atomic mass is 35.5. The van der Waals surface area contributed by atoms with Crippen molar-refractivity contribution < 1.29 is 14.3 Å².